The molecule has 0 aliphatic carbocycles. The third-order valence-corrected chi connectivity index (χ3v) is 4.31. The number of sulfonamides is 1. The highest BCUT2D eigenvalue weighted by atomic mass is 32.2. The van der Waals surface area contributed by atoms with Crippen LogP contribution in [0.1, 0.15) is 10.6 Å². The number of nitrogens with one attached hydrogen (secondary N) is 1. The van der Waals surface area contributed by atoms with E-state index in [0.29, 0.717) is 12.2 Å². The normalized spacial score (nSPS) is 11.4. The van der Waals surface area contributed by atoms with Crippen LogP contribution in [0.25, 0.3) is 0 Å². The van der Waals surface area contributed by atoms with Gasteiger partial charge in [0.1, 0.15) is 0 Å². The molecule has 0 unspecified atom stereocenters. The maximum absolute atomic E-state index is 11.2. The van der Waals surface area contributed by atoms with E-state index in [-0.39, 0.29) is 4.90 Å². The topological polar surface area (TPSA) is 85.1 Å². The molecule has 0 saturated heterocycles. The van der Waals surface area contributed by atoms with Gasteiger partial charge in [-0.2, -0.15) is 0 Å². The number of rotatable bonds is 4. The number of thiazole rings is 1. The Morgan fingerprint density at radius 2 is 2.22 bits per heavy atom. The maximum atomic E-state index is 11.2. The van der Waals surface area contributed by atoms with Crippen molar-refractivity contribution in [3.8, 4) is 0 Å². The van der Waals surface area contributed by atoms with Gasteiger partial charge < -0.3 is 5.32 Å². The van der Waals surface area contributed by atoms with Crippen LogP contribution in [-0.4, -0.2) is 13.4 Å². The van der Waals surface area contributed by atoms with E-state index in [1.54, 1.807) is 29.0 Å². The molecule has 0 atom stereocenters. The first-order valence-corrected chi connectivity index (χ1v) is 7.65. The van der Waals surface area contributed by atoms with Gasteiger partial charge in [-0.25, -0.2) is 18.5 Å². The molecule has 0 bridgehead atoms. The summed E-state index contributed by atoms with van der Waals surface area (Å²) in [7, 11) is -3.66. The fraction of sp³-hybridized carbons (Fsp3) is 0.182. The molecule has 2 aromatic rings. The first-order valence-electron chi connectivity index (χ1n) is 5.22. The molecule has 5 nitrogen and oxygen atoms in total. The minimum atomic E-state index is -3.66. The van der Waals surface area contributed by atoms with Crippen LogP contribution >= 0.6 is 11.3 Å². The van der Waals surface area contributed by atoms with Gasteiger partial charge in [0.05, 0.1) is 22.6 Å². The lowest BCUT2D eigenvalue weighted by molar-refractivity contribution is 0.598. The average Bonchev–Trinajstić information content (AvgIpc) is 2.72. The van der Waals surface area contributed by atoms with Gasteiger partial charge in [-0.3, -0.25) is 0 Å². The fourth-order valence-corrected chi connectivity index (χ4v) is 2.74. The number of nitrogens with zero attached hydrogens (tertiary/aromatic N) is 1. The Labute approximate surface area is 110 Å². The molecule has 1 heterocycles. The molecule has 1 aromatic carbocycles. The van der Waals surface area contributed by atoms with Gasteiger partial charge in [0, 0.05) is 10.6 Å². The standard InChI is InChI=1S/C11H13N3O2S2/c1-8-11(17-7-14-8)6-13-9-3-2-4-10(5-9)18(12,15)16/h2-5,7,13H,6H2,1H3,(H2,12,15,16). The molecular formula is C11H13N3O2S2. The number of anilines is 1. The highest BCUT2D eigenvalue weighted by Crippen LogP contribution is 2.17. The van der Waals surface area contributed by atoms with Crippen molar-refractivity contribution >= 4 is 27.0 Å². The van der Waals surface area contributed by atoms with E-state index in [9.17, 15) is 8.42 Å². The average molecular weight is 283 g/mol. The summed E-state index contributed by atoms with van der Waals surface area (Å²) in [5.41, 5.74) is 3.48. The van der Waals surface area contributed by atoms with Gasteiger partial charge in [0.15, 0.2) is 0 Å². The molecule has 0 aliphatic rings. The highest BCUT2D eigenvalue weighted by molar-refractivity contribution is 7.89. The first kappa shape index (κ1) is 13.0. The van der Waals surface area contributed by atoms with E-state index in [0.717, 1.165) is 10.6 Å². The first-order chi connectivity index (χ1) is 8.47. The Bertz CT molecular complexity index is 650. The zero-order valence-corrected chi connectivity index (χ0v) is 11.4. The lowest BCUT2D eigenvalue weighted by Crippen LogP contribution is -2.12. The minimum Gasteiger partial charge on any atom is -0.380 e. The van der Waals surface area contributed by atoms with Crippen molar-refractivity contribution in [1.29, 1.82) is 0 Å². The second-order valence-corrected chi connectivity index (χ2v) is 6.29. The van der Waals surface area contributed by atoms with Gasteiger partial charge in [0.2, 0.25) is 10.0 Å². The number of hydrogen-bond acceptors (Lipinski definition) is 5. The molecule has 2 rings (SSSR count). The van der Waals surface area contributed by atoms with Crippen LogP contribution in [0.4, 0.5) is 5.69 Å². The molecule has 0 spiro atoms. The molecule has 0 fully saturated rings. The summed E-state index contributed by atoms with van der Waals surface area (Å²) >= 11 is 1.56. The van der Waals surface area contributed by atoms with Crippen molar-refractivity contribution in [1.82, 2.24) is 4.98 Å². The molecule has 96 valence electrons. The van der Waals surface area contributed by atoms with Crippen molar-refractivity contribution < 1.29 is 8.42 Å². The molecule has 3 N–H and O–H groups in total. The van der Waals surface area contributed by atoms with E-state index in [1.807, 2.05) is 6.92 Å². The lowest BCUT2D eigenvalue weighted by atomic mass is 10.3. The van der Waals surface area contributed by atoms with Crippen molar-refractivity contribution in [3.63, 3.8) is 0 Å². The predicted molar refractivity (Wildman–Crippen MR) is 72.0 cm³/mol. The Balaban J connectivity index is 2.13. The second kappa shape index (κ2) is 5.05. The number of benzene rings is 1. The lowest BCUT2D eigenvalue weighted by Gasteiger charge is -2.06. The molecular weight excluding hydrogens is 270 g/mol. The molecule has 7 heteroatoms. The van der Waals surface area contributed by atoms with Gasteiger partial charge in [-0.05, 0) is 25.1 Å². The monoisotopic (exact) mass is 283 g/mol. The summed E-state index contributed by atoms with van der Waals surface area (Å²) in [6.45, 7) is 2.55. The van der Waals surface area contributed by atoms with E-state index in [2.05, 4.69) is 10.3 Å². The van der Waals surface area contributed by atoms with Crippen molar-refractivity contribution in [2.24, 2.45) is 5.14 Å². The van der Waals surface area contributed by atoms with Gasteiger partial charge in [-0.1, -0.05) is 6.07 Å². The van der Waals surface area contributed by atoms with Crippen LogP contribution in [0.5, 0.6) is 0 Å². The van der Waals surface area contributed by atoms with Gasteiger partial charge >= 0.3 is 0 Å². The fourth-order valence-electron chi connectivity index (χ4n) is 1.46. The number of nitrogens with two attached hydrogens (primary N) is 1. The molecule has 0 radical (unpaired) electrons. The number of hydrogen-bond donors (Lipinski definition) is 2. The van der Waals surface area contributed by atoms with Crippen molar-refractivity contribution in [3.05, 3.63) is 40.3 Å². The molecule has 0 aliphatic heterocycles. The highest BCUT2D eigenvalue weighted by Gasteiger charge is 2.08. The Kier molecular flexibility index (Phi) is 3.65. The number of aromatic nitrogens is 1. The van der Waals surface area contributed by atoms with E-state index < -0.39 is 10.0 Å². The zero-order valence-electron chi connectivity index (χ0n) is 9.75. The quantitative estimate of drug-likeness (QED) is 0.894. The second-order valence-electron chi connectivity index (χ2n) is 3.79. The molecule has 0 saturated carbocycles. The van der Waals surface area contributed by atoms with Crippen molar-refractivity contribution in [2.45, 2.75) is 18.4 Å². The molecule has 0 amide bonds. The minimum absolute atomic E-state index is 0.105. The van der Waals surface area contributed by atoms with E-state index in [4.69, 9.17) is 5.14 Å². The zero-order chi connectivity index (χ0) is 13.2. The van der Waals surface area contributed by atoms with E-state index in [1.165, 1.54) is 12.1 Å². The SMILES string of the molecule is Cc1ncsc1CNc1cccc(S(N)(=O)=O)c1. The third kappa shape index (κ3) is 3.06. The smallest absolute Gasteiger partial charge is 0.238 e. The Morgan fingerprint density at radius 3 is 2.83 bits per heavy atom. The van der Waals surface area contributed by atoms with Crippen LogP contribution in [-0.2, 0) is 16.6 Å². The molecule has 18 heavy (non-hydrogen) atoms. The number of aryl methyl sites for hydroxylation is 1. The van der Waals surface area contributed by atoms with Crippen LogP contribution in [0.15, 0.2) is 34.7 Å². The summed E-state index contributed by atoms with van der Waals surface area (Å²) in [6.07, 6.45) is 0. The largest absolute Gasteiger partial charge is 0.380 e. The molecule has 1 aromatic heterocycles. The summed E-state index contributed by atoms with van der Waals surface area (Å²) in [6, 6.07) is 6.44. The summed E-state index contributed by atoms with van der Waals surface area (Å²) in [4.78, 5) is 5.37. The Hall–Kier alpha value is -1.44. The third-order valence-electron chi connectivity index (χ3n) is 2.46. The predicted octanol–water partition coefficient (Wildman–Crippen LogP) is 1.71. The maximum Gasteiger partial charge on any atom is 0.238 e. The van der Waals surface area contributed by atoms with Crippen LogP contribution in [0.2, 0.25) is 0 Å². The summed E-state index contributed by atoms with van der Waals surface area (Å²) in [5, 5.41) is 8.23. The van der Waals surface area contributed by atoms with E-state index >= 15 is 0 Å². The van der Waals surface area contributed by atoms with Crippen LogP contribution in [0, 0.1) is 6.92 Å². The van der Waals surface area contributed by atoms with Crippen LogP contribution < -0.4 is 10.5 Å². The van der Waals surface area contributed by atoms with Gasteiger partial charge in [0.25, 0.3) is 0 Å². The summed E-state index contributed by atoms with van der Waals surface area (Å²) in [5.74, 6) is 0. The number of primary sulfonamides is 1. The van der Waals surface area contributed by atoms with Crippen LogP contribution in [0.3, 0.4) is 0 Å². The summed E-state index contributed by atoms with van der Waals surface area (Å²) < 4.78 is 22.4. The van der Waals surface area contributed by atoms with Crippen molar-refractivity contribution in [2.75, 3.05) is 5.32 Å². The Morgan fingerprint density at radius 1 is 1.44 bits per heavy atom. The van der Waals surface area contributed by atoms with Gasteiger partial charge in [-0.15, -0.1) is 11.3 Å².